The Morgan fingerprint density at radius 1 is 0.913 bits per heavy atom. The summed E-state index contributed by atoms with van der Waals surface area (Å²) in [6, 6.07) is 20.8. The second-order valence-corrected chi connectivity index (χ2v) is 5.64. The largest absolute Gasteiger partial charge is 0.271 e. The van der Waals surface area contributed by atoms with Crippen LogP contribution in [0.4, 0.5) is 0 Å². The number of carbonyl (C=O) groups is 1. The SMILES string of the molecule is C/C(=N/NC(=O)c1ccc2ccccc2c1)c1ccc(Cl)cc1. The quantitative estimate of drug-likeness (QED) is 0.553. The Bertz CT molecular complexity index is 885. The number of carbonyl (C=O) groups excluding carboxylic acids is 1. The van der Waals surface area contributed by atoms with Gasteiger partial charge in [0.15, 0.2) is 0 Å². The molecule has 1 amide bonds. The van der Waals surface area contributed by atoms with Crippen LogP contribution < -0.4 is 5.43 Å². The minimum absolute atomic E-state index is 0.232. The normalized spacial score (nSPS) is 11.5. The summed E-state index contributed by atoms with van der Waals surface area (Å²) in [4.78, 5) is 12.2. The molecule has 0 spiro atoms. The van der Waals surface area contributed by atoms with E-state index >= 15 is 0 Å². The molecule has 0 aromatic heterocycles. The van der Waals surface area contributed by atoms with Crippen molar-refractivity contribution in [1.82, 2.24) is 5.43 Å². The third-order valence-electron chi connectivity index (χ3n) is 3.60. The number of hydrazone groups is 1. The lowest BCUT2D eigenvalue weighted by molar-refractivity contribution is 0.0955. The zero-order valence-corrected chi connectivity index (χ0v) is 13.3. The van der Waals surface area contributed by atoms with Crippen LogP contribution in [0.15, 0.2) is 71.8 Å². The van der Waals surface area contributed by atoms with Crippen LogP contribution >= 0.6 is 11.6 Å². The molecule has 0 radical (unpaired) electrons. The van der Waals surface area contributed by atoms with Crippen LogP contribution in [0.25, 0.3) is 10.8 Å². The number of nitrogens with one attached hydrogen (secondary N) is 1. The van der Waals surface area contributed by atoms with Crippen LogP contribution in [0.1, 0.15) is 22.8 Å². The smallest absolute Gasteiger partial charge is 0.267 e. The highest BCUT2D eigenvalue weighted by Crippen LogP contribution is 2.15. The summed E-state index contributed by atoms with van der Waals surface area (Å²) in [6.45, 7) is 1.84. The molecule has 3 rings (SSSR count). The Kier molecular flexibility index (Phi) is 4.40. The van der Waals surface area contributed by atoms with Gasteiger partial charge in [0.05, 0.1) is 5.71 Å². The average Bonchev–Trinajstić information content (AvgIpc) is 2.59. The highest BCUT2D eigenvalue weighted by Gasteiger charge is 2.06. The van der Waals surface area contributed by atoms with E-state index < -0.39 is 0 Å². The van der Waals surface area contributed by atoms with Crippen LogP contribution in [-0.2, 0) is 0 Å². The molecule has 3 nitrogen and oxygen atoms in total. The second-order valence-electron chi connectivity index (χ2n) is 5.21. The number of fused-ring (bicyclic) bond motifs is 1. The molecule has 0 heterocycles. The van der Waals surface area contributed by atoms with Crippen LogP contribution in [-0.4, -0.2) is 11.6 Å². The summed E-state index contributed by atoms with van der Waals surface area (Å²) in [7, 11) is 0. The number of benzene rings is 3. The van der Waals surface area contributed by atoms with E-state index in [4.69, 9.17) is 11.6 Å². The van der Waals surface area contributed by atoms with Crippen molar-refractivity contribution in [2.75, 3.05) is 0 Å². The van der Waals surface area contributed by atoms with Crippen LogP contribution in [0, 0.1) is 0 Å². The Morgan fingerprint density at radius 2 is 1.57 bits per heavy atom. The predicted octanol–water partition coefficient (Wildman–Crippen LogP) is 4.65. The molecule has 114 valence electrons. The van der Waals surface area contributed by atoms with Gasteiger partial charge in [0, 0.05) is 10.6 Å². The van der Waals surface area contributed by atoms with Gasteiger partial charge >= 0.3 is 0 Å². The first-order valence-corrected chi connectivity index (χ1v) is 7.61. The molecule has 0 saturated heterocycles. The highest BCUT2D eigenvalue weighted by molar-refractivity contribution is 6.30. The maximum Gasteiger partial charge on any atom is 0.271 e. The molecule has 0 fully saturated rings. The fourth-order valence-electron chi connectivity index (χ4n) is 2.29. The molecule has 0 aliphatic carbocycles. The third-order valence-corrected chi connectivity index (χ3v) is 3.85. The van der Waals surface area contributed by atoms with E-state index in [1.54, 1.807) is 18.2 Å². The van der Waals surface area contributed by atoms with Crippen molar-refractivity contribution >= 4 is 34.0 Å². The molecule has 3 aromatic rings. The first-order chi connectivity index (χ1) is 11.1. The van der Waals surface area contributed by atoms with Gasteiger partial charge in [-0.2, -0.15) is 5.10 Å². The number of amides is 1. The molecule has 0 aliphatic rings. The summed E-state index contributed by atoms with van der Waals surface area (Å²) in [5.41, 5.74) is 4.80. The molecular weight excluding hydrogens is 308 g/mol. The molecule has 4 heteroatoms. The van der Waals surface area contributed by atoms with Crippen molar-refractivity contribution in [1.29, 1.82) is 0 Å². The van der Waals surface area contributed by atoms with Crippen molar-refractivity contribution in [3.05, 3.63) is 82.9 Å². The first kappa shape index (κ1) is 15.3. The Hall–Kier alpha value is -2.65. The van der Waals surface area contributed by atoms with E-state index in [0.29, 0.717) is 10.6 Å². The molecule has 0 atom stereocenters. The molecule has 0 unspecified atom stereocenters. The van der Waals surface area contributed by atoms with Gasteiger partial charge in [0.25, 0.3) is 5.91 Å². The zero-order valence-electron chi connectivity index (χ0n) is 12.6. The zero-order chi connectivity index (χ0) is 16.2. The van der Waals surface area contributed by atoms with Gasteiger partial charge in [0.1, 0.15) is 0 Å². The van der Waals surface area contributed by atoms with E-state index in [1.165, 1.54) is 0 Å². The minimum Gasteiger partial charge on any atom is -0.267 e. The minimum atomic E-state index is -0.232. The van der Waals surface area contributed by atoms with Gasteiger partial charge in [-0.25, -0.2) is 5.43 Å². The van der Waals surface area contributed by atoms with Gasteiger partial charge in [0.2, 0.25) is 0 Å². The summed E-state index contributed by atoms with van der Waals surface area (Å²) >= 11 is 5.86. The monoisotopic (exact) mass is 322 g/mol. The molecular formula is C19H15ClN2O. The Balaban J connectivity index is 1.77. The molecule has 0 bridgehead atoms. The molecule has 3 aromatic carbocycles. The van der Waals surface area contributed by atoms with Gasteiger partial charge in [-0.15, -0.1) is 0 Å². The molecule has 23 heavy (non-hydrogen) atoms. The van der Waals surface area contributed by atoms with Crippen molar-refractivity contribution in [2.24, 2.45) is 5.10 Å². The van der Waals surface area contributed by atoms with E-state index in [0.717, 1.165) is 22.0 Å². The Labute approximate surface area is 139 Å². The first-order valence-electron chi connectivity index (χ1n) is 7.23. The van der Waals surface area contributed by atoms with Crippen molar-refractivity contribution in [3.8, 4) is 0 Å². The number of nitrogens with zero attached hydrogens (tertiary/aromatic N) is 1. The van der Waals surface area contributed by atoms with Crippen molar-refractivity contribution in [2.45, 2.75) is 6.92 Å². The molecule has 0 aliphatic heterocycles. The van der Waals surface area contributed by atoms with E-state index in [9.17, 15) is 4.79 Å². The maximum atomic E-state index is 12.2. The number of rotatable bonds is 3. The summed E-state index contributed by atoms with van der Waals surface area (Å²) in [5.74, 6) is -0.232. The van der Waals surface area contributed by atoms with Crippen LogP contribution in [0.2, 0.25) is 5.02 Å². The predicted molar refractivity (Wildman–Crippen MR) is 95.1 cm³/mol. The number of halogens is 1. The third kappa shape index (κ3) is 3.58. The van der Waals surface area contributed by atoms with Gasteiger partial charge < -0.3 is 0 Å². The summed E-state index contributed by atoms with van der Waals surface area (Å²) < 4.78 is 0. The highest BCUT2D eigenvalue weighted by atomic mass is 35.5. The Morgan fingerprint density at radius 3 is 2.30 bits per heavy atom. The average molecular weight is 323 g/mol. The van der Waals surface area contributed by atoms with Gasteiger partial charge in [-0.3, -0.25) is 4.79 Å². The number of hydrogen-bond donors (Lipinski definition) is 1. The maximum absolute atomic E-state index is 12.2. The van der Waals surface area contributed by atoms with E-state index in [-0.39, 0.29) is 5.91 Å². The lowest BCUT2D eigenvalue weighted by Crippen LogP contribution is -2.19. The van der Waals surface area contributed by atoms with Gasteiger partial charge in [-0.1, -0.05) is 54.1 Å². The van der Waals surface area contributed by atoms with E-state index in [2.05, 4.69) is 10.5 Å². The topological polar surface area (TPSA) is 41.5 Å². The second kappa shape index (κ2) is 6.63. The standard InChI is InChI=1S/C19H15ClN2O/c1-13(14-8-10-18(20)11-9-14)21-22-19(23)17-7-6-15-4-2-3-5-16(15)12-17/h2-12H,1H3,(H,22,23)/b21-13-. The fourth-order valence-corrected chi connectivity index (χ4v) is 2.41. The van der Waals surface area contributed by atoms with Crippen LogP contribution in [0.5, 0.6) is 0 Å². The van der Waals surface area contributed by atoms with Crippen LogP contribution in [0.3, 0.4) is 0 Å². The fraction of sp³-hybridized carbons (Fsp3) is 0.0526. The van der Waals surface area contributed by atoms with E-state index in [1.807, 2.05) is 55.5 Å². The van der Waals surface area contributed by atoms with Gasteiger partial charge in [-0.05, 0) is 47.5 Å². The van der Waals surface area contributed by atoms with Crippen molar-refractivity contribution < 1.29 is 4.79 Å². The molecule has 1 N–H and O–H groups in total. The summed E-state index contributed by atoms with van der Waals surface area (Å²) in [6.07, 6.45) is 0. The molecule has 0 saturated carbocycles. The van der Waals surface area contributed by atoms with Crippen molar-refractivity contribution in [3.63, 3.8) is 0 Å². The lowest BCUT2D eigenvalue weighted by Gasteiger charge is -2.04. The lowest BCUT2D eigenvalue weighted by atomic mass is 10.1. The summed E-state index contributed by atoms with van der Waals surface area (Å²) in [5, 5.41) is 6.95. The number of hydrogen-bond acceptors (Lipinski definition) is 2.